The Balaban J connectivity index is 2.17. The van der Waals surface area contributed by atoms with E-state index in [-0.39, 0.29) is 5.82 Å². The average molecular weight is 404 g/mol. The first-order valence-electron chi connectivity index (χ1n) is 5.96. The maximum absolute atomic E-state index is 13.2. The Labute approximate surface area is 133 Å². The van der Waals surface area contributed by atoms with E-state index in [1.165, 1.54) is 6.07 Å². The molecule has 0 heterocycles. The molecule has 0 aliphatic rings. The molecule has 0 amide bonds. The number of aliphatic hydroxyl groups is 1. The minimum atomic E-state index is -0.658. The number of benzene rings is 2. The number of rotatable bonds is 4. The van der Waals surface area contributed by atoms with Crippen LogP contribution in [0.4, 0.5) is 4.39 Å². The van der Waals surface area contributed by atoms with Gasteiger partial charge in [0.25, 0.3) is 0 Å². The highest BCUT2D eigenvalue weighted by Crippen LogP contribution is 2.29. The Kier molecular flexibility index (Phi) is 5.18. The van der Waals surface area contributed by atoms with E-state index in [4.69, 9.17) is 4.74 Å². The molecule has 1 unspecified atom stereocenters. The number of halogens is 3. The topological polar surface area (TPSA) is 29.5 Å². The van der Waals surface area contributed by atoms with Gasteiger partial charge in [-0.1, -0.05) is 12.1 Å². The summed E-state index contributed by atoms with van der Waals surface area (Å²) >= 11 is 6.53. The predicted molar refractivity (Wildman–Crippen MR) is 83.5 cm³/mol. The number of hydrogen-bond acceptors (Lipinski definition) is 2. The van der Waals surface area contributed by atoms with Gasteiger partial charge in [-0.25, -0.2) is 4.39 Å². The van der Waals surface area contributed by atoms with Crippen LogP contribution in [-0.4, -0.2) is 12.2 Å². The van der Waals surface area contributed by atoms with Crippen LogP contribution >= 0.6 is 31.9 Å². The SMILES string of the molecule is COc1ccc(C(O)Cc2ccc(F)c(Br)c2)cc1Br. The first-order valence-corrected chi connectivity index (χ1v) is 7.55. The van der Waals surface area contributed by atoms with Crippen molar-refractivity contribution in [3.05, 3.63) is 62.3 Å². The van der Waals surface area contributed by atoms with E-state index in [0.29, 0.717) is 16.6 Å². The quantitative estimate of drug-likeness (QED) is 0.805. The van der Waals surface area contributed by atoms with Crippen molar-refractivity contribution < 1.29 is 14.2 Å². The zero-order valence-corrected chi connectivity index (χ0v) is 13.9. The molecule has 1 N–H and O–H groups in total. The minimum Gasteiger partial charge on any atom is -0.496 e. The Bertz CT molecular complexity index is 617. The summed E-state index contributed by atoms with van der Waals surface area (Å²) in [6.45, 7) is 0. The van der Waals surface area contributed by atoms with E-state index >= 15 is 0 Å². The van der Waals surface area contributed by atoms with E-state index in [2.05, 4.69) is 31.9 Å². The molecule has 2 rings (SSSR count). The minimum absolute atomic E-state index is 0.310. The first-order chi connectivity index (χ1) is 9.51. The largest absolute Gasteiger partial charge is 0.496 e. The van der Waals surface area contributed by atoms with Gasteiger partial charge < -0.3 is 9.84 Å². The molecule has 5 heteroatoms. The molecule has 0 fully saturated rings. The fourth-order valence-corrected chi connectivity index (χ4v) is 2.88. The van der Waals surface area contributed by atoms with Crippen LogP contribution in [-0.2, 0) is 6.42 Å². The second-order valence-corrected chi connectivity index (χ2v) is 6.07. The first kappa shape index (κ1) is 15.5. The molecule has 2 aromatic rings. The normalized spacial score (nSPS) is 12.2. The van der Waals surface area contributed by atoms with E-state index in [0.717, 1.165) is 15.6 Å². The molecular formula is C15H13Br2FO2. The number of methoxy groups -OCH3 is 1. The van der Waals surface area contributed by atoms with Gasteiger partial charge in [-0.15, -0.1) is 0 Å². The third kappa shape index (κ3) is 3.59. The molecule has 106 valence electrons. The fraction of sp³-hybridized carbons (Fsp3) is 0.200. The summed E-state index contributed by atoms with van der Waals surface area (Å²) in [5.41, 5.74) is 1.64. The average Bonchev–Trinajstić information content (AvgIpc) is 2.42. The van der Waals surface area contributed by atoms with E-state index in [1.54, 1.807) is 25.3 Å². The lowest BCUT2D eigenvalue weighted by atomic mass is 10.0. The van der Waals surface area contributed by atoms with Crippen molar-refractivity contribution in [1.29, 1.82) is 0 Å². The van der Waals surface area contributed by atoms with Crippen LogP contribution < -0.4 is 4.74 Å². The Morgan fingerprint density at radius 2 is 1.90 bits per heavy atom. The Morgan fingerprint density at radius 3 is 2.50 bits per heavy atom. The standard InChI is InChI=1S/C15H13Br2FO2/c1-20-15-5-3-10(8-12(15)17)14(19)7-9-2-4-13(18)11(16)6-9/h2-6,8,14,19H,7H2,1H3. The van der Waals surface area contributed by atoms with E-state index < -0.39 is 6.10 Å². The van der Waals surface area contributed by atoms with Crippen molar-refractivity contribution in [2.45, 2.75) is 12.5 Å². The van der Waals surface area contributed by atoms with Crippen molar-refractivity contribution in [3.63, 3.8) is 0 Å². The highest BCUT2D eigenvalue weighted by atomic mass is 79.9. The third-order valence-corrected chi connectivity index (χ3v) is 4.20. The molecule has 2 aromatic carbocycles. The second kappa shape index (κ2) is 6.70. The molecule has 0 saturated heterocycles. The van der Waals surface area contributed by atoms with Gasteiger partial charge in [-0.05, 0) is 67.3 Å². The third-order valence-electron chi connectivity index (χ3n) is 2.97. The van der Waals surface area contributed by atoms with Crippen LogP contribution in [0, 0.1) is 5.82 Å². The summed E-state index contributed by atoms with van der Waals surface area (Å²) in [5, 5.41) is 10.3. The molecule has 1 atom stereocenters. The smallest absolute Gasteiger partial charge is 0.137 e. The maximum Gasteiger partial charge on any atom is 0.137 e. The van der Waals surface area contributed by atoms with Gasteiger partial charge in [-0.3, -0.25) is 0 Å². The van der Waals surface area contributed by atoms with Crippen molar-refractivity contribution in [2.24, 2.45) is 0 Å². The molecule has 0 spiro atoms. The van der Waals surface area contributed by atoms with Gasteiger partial charge >= 0.3 is 0 Å². The maximum atomic E-state index is 13.2. The van der Waals surface area contributed by atoms with Crippen LogP contribution in [0.5, 0.6) is 5.75 Å². The zero-order valence-electron chi connectivity index (χ0n) is 10.7. The van der Waals surface area contributed by atoms with Crippen LogP contribution in [0.2, 0.25) is 0 Å². The number of hydrogen-bond donors (Lipinski definition) is 1. The van der Waals surface area contributed by atoms with Crippen LogP contribution in [0.1, 0.15) is 17.2 Å². The Hall–Kier alpha value is -0.910. The lowest BCUT2D eigenvalue weighted by Crippen LogP contribution is -2.02. The molecule has 0 aliphatic carbocycles. The summed E-state index contributed by atoms with van der Waals surface area (Å²) in [5.74, 6) is 0.404. The molecular weight excluding hydrogens is 391 g/mol. The summed E-state index contributed by atoms with van der Waals surface area (Å²) in [7, 11) is 1.59. The predicted octanol–water partition coefficient (Wildman–Crippen LogP) is 4.64. The van der Waals surface area contributed by atoms with Crippen LogP contribution in [0.25, 0.3) is 0 Å². The summed E-state index contributed by atoms with van der Waals surface area (Å²) in [6, 6.07) is 10.2. The van der Waals surface area contributed by atoms with E-state index in [9.17, 15) is 9.50 Å². The molecule has 0 radical (unpaired) electrons. The van der Waals surface area contributed by atoms with Gasteiger partial charge in [0.1, 0.15) is 11.6 Å². The molecule has 0 aromatic heterocycles. The highest BCUT2D eigenvalue weighted by molar-refractivity contribution is 9.10. The highest BCUT2D eigenvalue weighted by Gasteiger charge is 2.12. The van der Waals surface area contributed by atoms with Crippen molar-refractivity contribution in [2.75, 3.05) is 7.11 Å². The van der Waals surface area contributed by atoms with Crippen molar-refractivity contribution >= 4 is 31.9 Å². The fourth-order valence-electron chi connectivity index (χ4n) is 1.90. The van der Waals surface area contributed by atoms with E-state index in [1.807, 2.05) is 12.1 Å². The number of aliphatic hydroxyl groups excluding tert-OH is 1. The van der Waals surface area contributed by atoms with Gasteiger partial charge in [0.2, 0.25) is 0 Å². The lowest BCUT2D eigenvalue weighted by Gasteiger charge is -2.13. The molecule has 20 heavy (non-hydrogen) atoms. The van der Waals surface area contributed by atoms with Gasteiger partial charge in [-0.2, -0.15) is 0 Å². The zero-order chi connectivity index (χ0) is 14.7. The van der Waals surface area contributed by atoms with Crippen molar-refractivity contribution in [3.8, 4) is 5.75 Å². The monoisotopic (exact) mass is 402 g/mol. The van der Waals surface area contributed by atoms with Crippen molar-refractivity contribution in [1.82, 2.24) is 0 Å². The molecule has 0 saturated carbocycles. The summed E-state index contributed by atoms with van der Waals surface area (Å²) in [6.07, 6.45) is -0.243. The van der Waals surface area contributed by atoms with Gasteiger partial charge in [0.15, 0.2) is 0 Å². The van der Waals surface area contributed by atoms with Gasteiger partial charge in [0.05, 0.1) is 22.2 Å². The van der Waals surface area contributed by atoms with Crippen LogP contribution in [0.3, 0.4) is 0 Å². The molecule has 0 aliphatic heterocycles. The summed E-state index contributed by atoms with van der Waals surface area (Å²) in [4.78, 5) is 0. The molecule has 0 bridgehead atoms. The summed E-state index contributed by atoms with van der Waals surface area (Å²) < 4.78 is 19.5. The van der Waals surface area contributed by atoms with Crippen LogP contribution in [0.15, 0.2) is 45.3 Å². The molecule has 2 nitrogen and oxygen atoms in total. The Morgan fingerprint density at radius 1 is 1.15 bits per heavy atom. The lowest BCUT2D eigenvalue weighted by molar-refractivity contribution is 0.178. The number of ether oxygens (including phenoxy) is 1. The second-order valence-electron chi connectivity index (χ2n) is 4.36. The van der Waals surface area contributed by atoms with Gasteiger partial charge in [0, 0.05) is 6.42 Å².